The van der Waals surface area contributed by atoms with Gasteiger partial charge in [0.2, 0.25) is 17.6 Å². The number of nitrogens with zero attached hydrogens (tertiary/aromatic N) is 2. The summed E-state index contributed by atoms with van der Waals surface area (Å²) in [6.45, 7) is 2.54. The number of halogens is 1. The molecule has 8 heteroatoms. The lowest BCUT2D eigenvalue weighted by atomic mass is 10.0. The maximum absolute atomic E-state index is 15.4. The Morgan fingerprint density at radius 3 is 1.90 bits per heavy atom. The van der Waals surface area contributed by atoms with E-state index in [-0.39, 0.29) is 31.4 Å². The summed E-state index contributed by atoms with van der Waals surface area (Å²) in [5.74, 6) is -3.24. The minimum atomic E-state index is -2.23. The topological polar surface area (TPSA) is 82.9 Å². The van der Waals surface area contributed by atoms with Crippen LogP contribution in [0.15, 0.2) is 97.2 Å². The Balaban J connectivity index is 1.40. The number of rotatable bonds is 11. The molecule has 202 valence electrons. The first-order valence-corrected chi connectivity index (χ1v) is 13.0. The average molecular weight is 531 g/mol. The number of ether oxygens (including phenoxy) is 4. The van der Waals surface area contributed by atoms with Crippen LogP contribution >= 0.6 is 0 Å². The number of hydrogen-bond donors (Lipinski definition) is 1. The lowest BCUT2D eigenvalue weighted by Crippen LogP contribution is -2.45. The summed E-state index contributed by atoms with van der Waals surface area (Å²) in [4.78, 5) is 8.11. The molecule has 5 rings (SSSR count). The van der Waals surface area contributed by atoms with Gasteiger partial charge in [0, 0.05) is 0 Å². The first kappa shape index (κ1) is 26.9. The molecular weight excluding hydrogens is 499 g/mol. The van der Waals surface area contributed by atoms with E-state index in [1.807, 2.05) is 97.9 Å². The third kappa shape index (κ3) is 6.32. The highest BCUT2D eigenvalue weighted by Crippen LogP contribution is 2.42. The summed E-state index contributed by atoms with van der Waals surface area (Å²) in [5.41, 5.74) is 2.37. The van der Waals surface area contributed by atoms with Crippen LogP contribution in [-0.4, -0.2) is 33.4 Å². The Hall–Kier alpha value is -3.69. The zero-order valence-electron chi connectivity index (χ0n) is 21.7. The molecule has 3 aromatic carbocycles. The molecule has 39 heavy (non-hydrogen) atoms. The zero-order chi connectivity index (χ0) is 27.1. The highest BCUT2D eigenvalue weighted by molar-refractivity contribution is 5.21. The number of hydrogen-bond acceptors (Lipinski definition) is 7. The molecule has 0 spiro atoms. The molecule has 1 fully saturated rings. The van der Waals surface area contributed by atoms with Crippen LogP contribution in [0, 0.1) is 5.95 Å². The molecule has 7 nitrogen and oxygen atoms in total. The van der Waals surface area contributed by atoms with Crippen molar-refractivity contribution in [3.63, 3.8) is 0 Å². The zero-order valence-corrected chi connectivity index (χ0v) is 21.7. The van der Waals surface area contributed by atoms with Crippen molar-refractivity contribution in [2.75, 3.05) is 0 Å². The lowest BCUT2D eigenvalue weighted by Gasteiger charge is -2.30. The van der Waals surface area contributed by atoms with Crippen molar-refractivity contribution in [1.82, 2.24) is 9.97 Å². The van der Waals surface area contributed by atoms with Gasteiger partial charge in [-0.25, -0.2) is 4.98 Å². The molecule has 1 aliphatic rings. The molecule has 4 atom stereocenters. The first-order chi connectivity index (χ1) is 19.1. The van der Waals surface area contributed by atoms with Gasteiger partial charge in [-0.05, 0) is 23.1 Å². The van der Waals surface area contributed by atoms with E-state index < -0.39 is 30.0 Å². The lowest BCUT2D eigenvalue weighted by molar-refractivity contribution is -0.254. The summed E-state index contributed by atoms with van der Waals surface area (Å²) in [5, 5.41) is 11.8. The van der Waals surface area contributed by atoms with Crippen molar-refractivity contribution in [2.24, 2.45) is 0 Å². The van der Waals surface area contributed by atoms with Crippen LogP contribution in [0.25, 0.3) is 0 Å². The highest BCUT2D eigenvalue weighted by atomic mass is 19.1. The maximum atomic E-state index is 15.4. The van der Waals surface area contributed by atoms with Gasteiger partial charge in [-0.15, -0.1) is 0 Å². The second-order valence-corrected chi connectivity index (χ2v) is 9.36. The number of aromatic nitrogens is 2. The molecule has 2 unspecified atom stereocenters. The summed E-state index contributed by atoms with van der Waals surface area (Å²) >= 11 is 0. The minimum Gasteiger partial charge on any atom is -0.472 e. The van der Waals surface area contributed by atoms with Gasteiger partial charge < -0.3 is 24.1 Å². The van der Waals surface area contributed by atoms with E-state index in [9.17, 15) is 5.11 Å². The smallest absolute Gasteiger partial charge is 0.244 e. The summed E-state index contributed by atoms with van der Waals surface area (Å²) in [6, 6.07) is 28.6. The monoisotopic (exact) mass is 530 g/mol. The molecule has 1 N–H and O–H groups in total. The molecule has 0 radical (unpaired) electrons. The SMILES string of the molecule is CC[C@H]1OC(O)(c2ncc(OCc3ccccc3)nc2F)[C@@H](OCc2ccccc2)C1OCc1ccccc1. The van der Waals surface area contributed by atoms with Crippen LogP contribution in [0.1, 0.15) is 35.7 Å². The van der Waals surface area contributed by atoms with Gasteiger partial charge in [-0.2, -0.15) is 9.37 Å². The number of benzene rings is 3. The van der Waals surface area contributed by atoms with Crippen LogP contribution in [0.5, 0.6) is 5.88 Å². The van der Waals surface area contributed by atoms with Gasteiger partial charge in [0.15, 0.2) is 5.69 Å². The van der Waals surface area contributed by atoms with E-state index in [1.54, 1.807) is 0 Å². The summed E-state index contributed by atoms with van der Waals surface area (Å²) in [7, 11) is 0. The van der Waals surface area contributed by atoms with Gasteiger partial charge in [0.05, 0.1) is 25.5 Å². The molecular formula is C31H31FN2O5. The third-order valence-electron chi connectivity index (χ3n) is 6.62. The minimum absolute atomic E-state index is 0.00706. The second-order valence-electron chi connectivity index (χ2n) is 9.36. The molecule has 4 aromatic rings. The van der Waals surface area contributed by atoms with Gasteiger partial charge in [0.1, 0.15) is 18.8 Å². The van der Waals surface area contributed by atoms with Crippen molar-refractivity contribution < 1.29 is 28.4 Å². The van der Waals surface area contributed by atoms with Crippen LogP contribution in [-0.2, 0) is 39.8 Å². The second kappa shape index (κ2) is 12.4. The Bertz CT molecular complexity index is 1330. The predicted molar refractivity (Wildman–Crippen MR) is 142 cm³/mol. The normalized spacial score (nSPS) is 22.6. The Kier molecular flexibility index (Phi) is 8.58. The molecule has 1 saturated heterocycles. The van der Waals surface area contributed by atoms with Crippen LogP contribution < -0.4 is 4.74 Å². The Morgan fingerprint density at radius 1 is 0.821 bits per heavy atom. The average Bonchev–Trinajstić information content (AvgIpc) is 3.26. The van der Waals surface area contributed by atoms with Crippen molar-refractivity contribution in [2.45, 2.75) is 57.3 Å². The molecule has 1 aliphatic heterocycles. The largest absolute Gasteiger partial charge is 0.472 e. The molecule has 0 bridgehead atoms. The third-order valence-corrected chi connectivity index (χ3v) is 6.62. The van der Waals surface area contributed by atoms with Gasteiger partial charge in [0.25, 0.3) is 0 Å². The summed E-state index contributed by atoms with van der Waals surface area (Å²) in [6.07, 6.45) is -0.573. The van der Waals surface area contributed by atoms with Crippen molar-refractivity contribution in [3.8, 4) is 5.88 Å². The van der Waals surface area contributed by atoms with E-state index in [2.05, 4.69) is 9.97 Å². The fraction of sp³-hybridized carbons (Fsp3) is 0.290. The van der Waals surface area contributed by atoms with Crippen LogP contribution in [0.2, 0.25) is 0 Å². The fourth-order valence-corrected chi connectivity index (χ4v) is 4.61. The van der Waals surface area contributed by atoms with Gasteiger partial charge in [-0.3, -0.25) is 0 Å². The van der Waals surface area contributed by atoms with Crippen LogP contribution in [0.3, 0.4) is 0 Å². The van der Waals surface area contributed by atoms with E-state index >= 15 is 4.39 Å². The molecule has 1 aromatic heterocycles. The first-order valence-electron chi connectivity index (χ1n) is 13.0. The summed E-state index contributed by atoms with van der Waals surface area (Å²) < 4.78 is 39.6. The fourth-order valence-electron chi connectivity index (χ4n) is 4.61. The maximum Gasteiger partial charge on any atom is 0.244 e. The van der Waals surface area contributed by atoms with Crippen molar-refractivity contribution >= 4 is 0 Å². The molecule has 0 aliphatic carbocycles. The molecule has 0 saturated carbocycles. The predicted octanol–water partition coefficient (Wildman–Crippen LogP) is 5.32. The van der Waals surface area contributed by atoms with Gasteiger partial charge >= 0.3 is 0 Å². The van der Waals surface area contributed by atoms with Crippen molar-refractivity contribution in [1.29, 1.82) is 0 Å². The van der Waals surface area contributed by atoms with E-state index in [4.69, 9.17) is 18.9 Å². The molecule has 0 amide bonds. The standard InChI is InChI=1S/C31H31FN2O5/c1-2-25-27(37-20-23-14-8-4-9-15-23)29(38-21-24-16-10-5-11-17-24)31(35,39-25)28-30(32)34-26(18-33-28)36-19-22-12-6-3-7-13-22/h3-18,25,27,29,35H,2,19-21H2,1H3/t25-,27?,29+,31?/m1/s1. The van der Waals surface area contributed by atoms with Crippen molar-refractivity contribution in [3.05, 3.63) is 126 Å². The highest BCUT2D eigenvalue weighted by Gasteiger charge is 2.59. The Morgan fingerprint density at radius 2 is 1.36 bits per heavy atom. The quantitative estimate of drug-likeness (QED) is 0.281. The van der Waals surface area contributed by atoms with E-state index in [0.717, 1.165) is 16.7 Å². The Labute approximate surface area is 227 Å². The van der Waals surface area contributed by atoms with E-state index in [1.165, 1.54) is 6.20 Å². The molecule has 2 heterocycles. The number of aliphatic hydroxyl groups is 1. The van der Waals surface area contributed by atoms with Gasteiger partial charge in [-0.1, -0.05) is 97.9 Å². The van der Waals surface area contributed by atoms with E-state index in [0.29, 0.717) is 6.42 Å². The van der Waals surface area contributed by atoms with Crippen LogP contribution in [0.4, 0.5) is 4.39 Å².